The number of rotatable bonds is 9. The normalized spacial score (nSPS) is 14.4. The van der Waals surface area contributed by atoms with Gasteiger partial charge in [-0.15, -0.1) is 0 Å². The summed E-state index contributed by atoms with van der Waals surface area (Å²) >= 11 is 15.8. The number of halogens is 3. The van der Waals surface area contributed by atoms with Crippen LogP contribution in [-0.2, 0) is 29.0 Å². The molecule has 0 heterocycles. The van der Waals surface area contributed by atoms with Crippen molar-refractivity contribution >= 4 is 50.9 Å². The summed E-state index contributed by atoms with van der Waals surface area (Å²) in [6.45, 7) is 0.322. The quantitative estimate of drug-likeness (QED) is 0.293. The predicted octanol–water partition coefficient (Wildman–Crippen LogP) is 7.00. The molecule has 0 unspecified atom stereocenters. The summed E-state index contributed by atoms with van der Waals surface area (Å²) in [5.74, 6) is -0.246. The van der Waals surface area contributed by atoms with Crippen LogP contribution in [0.3, 0.4) is 0 Å². The average Bonchev–Trinajstić information content (AvgIpc) is 3.38. The van der Waals surface area contributed by atoms with Crippen LogP contribution in [0.1, 0.15) is 42.4 Å². The van der Waals surface area contributed by atoms with Crippen molar-refractivity contribution < 1.29 is 9.59 Å². The highest BCUT2D eigenvalue weighted by atomic mass is 79.9. The Bertz CT molecular complexity index is 1180. The molecule has 3 aromatic carbocycles. The van der Waals surface area contributed by atoms with E-state index in [1.54, 1.807) is 23.1 Å². The topological polar surface area (TPSA) is 49.4 Å². The molecule has 4 nitrogen and oxygen atoms in total. The molecule has 188 valence electrons. The highest BCUT2D eigenvalue weighted by Crippen LogP contribution is 2.25. The molecule has 2 amide bonds. The third-order valence-electron chi connectivity index (χ3n) is 6.58. The van der Waals surface area contributed by atoms with Gasteiger partial charge in [-0.2, -0.15) is 0 Å². The molecular weight excluding hydrogens is 559 g/mol. The summed E-state index contributed by atoms with van der Waals surface area (Å²) in [5.41, 5.74) is 2.71. The smallest absolute Gasteiger partial charge is 0.243 e. The van der Waals surface area contributed by atoms with E-state index in [0.717, 1.165) is 46.8 Å². The first-order chi connectivity index (χ1) is 17.4. The number of nitrogens with one attached hydrogen (secondary N) is 1. The maximum absolute atomic E-state index is 13.8. The number of carbonyl (C=O) groups is 2. The van der Waals surface area contributed by atoms with Gasteiger partial charge in [-0.25, -0.2) is 0 Å². The van der Waals surface area contributed by atoms with Gasteiger partial charge in [-0.3, -0.25) is 9.59 Å². The first-order valence-corrected chi connectivity index (χ1v) is 13.8. The van der Waals surface area contributed by atoms with E-state index in [1.165, 1.54) is 0 Å². The van der Waals surface area contributed by atoms with Crippen LogP contribution in [0.5, 0.6) is 0 Å². The van der Waals surface area contributed by atoms with E-state index in [1.807, 2.05) is 54.6 Å². The first-order valence-electron chi connectivity index (χ1n) is 12.2. The van der Waals surface area contributed by atoms with Gasteiger partial charge in [0.1, 0.15) is 6.04 Å². The van der Waals surface area contributed by atoms with E-state index < -0.39 is 6.04 Å². The van der Waals surface area contributed by atoms with E-state index in [4.69, 9.17) is 23.2 Å². The molecule has 1 aliphatic rings. The molecule has 7 heteroatoms. The zero-order chi connectivity index (χ0) is 25.5. The molecule has 0 bridgehead atoms. The van der Waals surface area contributed by atoms with Crippen LogP contribution in [0.2, 0.25) is 10.0 Å². The van der Waals surface area contributed by atoms with Crippen molar-refractivity contribution in [2.24, 2.45) is 0 Å². The Balaban J connectivity index is 1.66. The number of hydrogen-bond acceptors (Lipinski definition) is 2. The van der Waals surface area contributed by atoms with Crippen LogP contribution in [0.25, 0.3) is 0 Å². The van der Waals surface area contributed by atoms with Crippen molar-refractivity contribution in [1.29, 1.82) is 0 Å². The van der Waals surface area contributed by atoms with Gasteiger partial charge < -0.3 is 10.2 Å². The molecule has 0 aliphatic heterocycles. The van der Waals surface area contributed by atoms with Crippen molar-refractivity contribution in [1.82, 2.24) is 10.2 Å². The number of hydrogen-bond donors (Lipinski definition) is 1. The van der Waals surface area contributed by atoms with Gasteiger partial charge in [0.2, 0.25) is 11.8 Å². The van der Waals surface area contributed by atoms with Crippen molar-refractivity contribution in [2.45, 2.75) is 57.2 Å². The Morgan fingerprint density at radius 1 is 0.889 bits per heavy atom. The Kier molecular flexibility index (Phi) is 9.47. The van der Waals surface area contributed by atoms with Crippen LogP contribution >= 0.6 is 39.1 Å². The minimum Gasteiger partial charge on any atom is -0.352 e. The highest BCUT2D eigenvalue weighted by Gasteiger charge is 2.32. The molecule has 0 aromatic heterocycles. The lowest BCUT2D eigenvalue weighted by molar-refractivity contribution is -0.141. The van der Waals surface area contributed by atoms with Crippen LogP contribution in [0.15, 0.2) is 77.3 Å². The van der Waals surface area contributed by atoms with Gasteiger partial charge in [0.05, 0.1) is 16.5 Å². The largest absolute Gasteiger partial charge is 0.352 e. The SMILES string of the molecule is O=C(NC1CCCC1)[C@H](Cc1ccccc1)N(Cc1ccc(Br)cc1)C(=O)Cc1ccc(Cl)c(Cl)c1. The Morgan fingerprint density at radius 2 is 1.56 bits per heavy atom. The summed E-state index contributed by atoms with van der Waals surface area (Å²) in [4.78, 5) is 29.2. The fourth-order valence-corrected chi connectivity index (χ4v) is 5.22. The lowest BCUT2D eigenvalue weighted by atomic mass is 10.0. The van der Waals surface area contributed by atoms with E-state index in [-0.39, 0.29) is 24.3 Å². The molecule has 3 aromatic rings. The molecule has 1 fully saturated rings. The second kappa shape index (κ2) is 12.8. The zero-order valence-corrected chi connectivity index (χ0v) is 23.0. The molecule has 1 N–H and O–H groups in total. The second-order valence-electron chi connectivity index (χ2n) is 9.27. The van der Waals surface area contributed by atoms with Gasteiger partial charge >= 0.3 is 0 Å². The van der Waals surface area contributed by atoms with Crippen molar-refractivity contribution in [3.63, 3.8) is 0 Å². The maximum Gasteiger partial charge on any atom is 0.243 e. The molecular formula is C29H29BrCl2N2O2. The lowest BCUT2D eigenvalue weighted by Crippen LogP contribution is -2.52. The molecule has 36 heavy (non-hydrogen) atoms. The average molecular weight is 588 g/mol. The van der Waals surface area contributed by atoms with E-state index >= 15 is 0 Å². The van der Waals surface area contributed by atoms with Crippen molar-refractivity contribution in [3.8, 4) is 0 Å². The second-order valence-corrected chi connectivity index (χ2v) is 11.0. The van der Waals surface area contributed by atoms with E-state index in [2.05, 4.69) is 21.2 Å². The van der Waals surface area contributed by atoms with Gasteiger partial charge in [-0.05, 0) is 53.8 Å². The monoisotopic (exact) mass is 586 g/mol. The van der Waals surface area contributed by atoms with Gasteiger partial charge in [0.15, 0.2) is 0 Å². The Labute approximate surface area is 231 Å². The minimum absolute atomic E-state index is 0.106. The molecule has 0 saturated heterocycles. The zero-order valence-electron chi connectivity index (χ0n) is 19.9. The molecule has 1 aliphatic carbocycles. The lowest BCUT2D eigenvalue weighted by Gasteiger charge is -2.32. The van der Waals surface area contributed by atoms with Crippen LogP contribution in [0.4, 0.5) is 0 Å². The summed E-state index contributed by atoms with van der Waals surface area (Å²) < 4.78 is 0.958. The Morgan fingerprint density at radius 3 is 2.22 bits per heavy atom. The third kappa shape index (κ3) is 7.34. The molecule has 1 saturated carbocycles. The van der Waals surface area contributed by atoms with Gasteiger partial charge in [0, 0.05) is 23.5 Å². The van der Waals surface area contributed by atoms with Crippen molar-refractivity contribution in [3.05, 3.63) is 104 Å². The Hall–Kier alpha value is -2.34. The summed E-state index contributed by atoms with van der Waals surface area (Å²) in [5, 5.41) is 4.08. The maximum atomic E-state index is 13.8. The molecule has 0 spiro atoms. The summed E-state index contributed by atoms with van der Waals surface area (Å²) in [6.07, 6.45) is 4.75. The van der Waals surface area contributed by atoms with Crippen LogP contribution in [0, 0.1) is 0 Å². The fourth-order valence-electron chi connectivity index (χ4n) is 4.63. The summed E-state index contributed by atoms with van der Waals surface area (Å²) in [7, 11) is 0. The minimum atomic E-state index is -0.646. The number of nitrogens with zero attached hydrogens (tertiary/aromatic N) is 1. The standard InChI is InChI=1S/C29H29BrCl2N2O2/c30-23-13-10-21(11-14-23)19-34(28(35)18-22-12-15-25(31)26(32)16-22)27(17-20-6-2-1-3-7-20)29(36)33-24-8-4-5-9-24/h1-3,6-7,10-16,24,27H,4-5,8-9,17-19H2,(H,33,36)/t27-/m0/s1. The number of benzene rings is 3. The molecule has 4 rings (SSSR count). The molecule has 0 radical (unpaired) electrons. The predicted molar refractivity (Wildman–Crippen MR) is 149 cm³/mol. The van der Waals surface area contributed by atoms with E-state index in [0.29, 0.717) is 23.0 Å². The molecule has 1 atom stereocenters. The first kappa shape index (κ1) is 26.7. The fraction of sp³-hybridized carbons (Fsp3) is 0.310. The van der Waals surface area contributed by atoms with Crippen LogP contribution < -0.4 is 5.32 Å². The number of amides is 2. The summed E-state index contributed by atoms with van der Waals surface area (Å²) in [6, 6.07) is 22.4. The van der Waals surface area contributed by atoms with E-state index in [9.17, 15) is 9.59 Å². The van der Waals surface area contributed by atoms with Gasteiger partial charge in [-0.1, -0.05) is 101 Å². The highest BCUT2D eigenvalue weighted by molar-refractivity contribution is 9.10. The third-order valence-corrected chi connectivity index (χ3v) is 7.85. The van der Waals surface area contributed by atoms with Crippen LogP contribution in [-0.4, -0.2) is 28.8 Å². The van der Waals surface area contributed by atoms with Crippen molar-refractivity contribution in [2.75, 3.05) is 0 Å². The number of carbonyl (C=O) groups excluding carboxylic acids is 2. The van der Waals surface area contributed by atoms with Gasteiger partial charge in [0.25, 0.3) is 0 Å².